The highest BCUT2D eigenvalue weighted by Crippen LogP contribution is 2.16. The van der Waals surface area contributed by atoms with Gasteiger partial charge in [0.2, 0.25) is 5.91 Å². The minimum Gasteiger partial charge on any atom is -0.459 e. The Kier molecular flexibility index (Phi) is 5.96. The molecule has 0 atom stereocenters. The summed E-state index contributed by atoms with van der Waals surface area (Å²) in [6, 6.07) is 20.4. The van der Waals surface area contributed by atoms with Crippen LogP contribution < -0.4 is 5.01 Å². The first-order valence-electron chi connectivity index (χ1n) is 8.72. The molecule has 0 aliphatic carbocycles. The van der Waals surface area contributed by atoms with Gasteiger partial charge >= 0.3 is 5.97 Å². The smallest absolute Gasteiger partial charge is 0.303 e. The molecule has 1 amide bonds. The third kappa shape index (κ3) is 4.70. The Morgan fingerprint density at radius 2 is 1.71 bits per heavy atom. The van der Waals surface area contributed by atoms with Crippen molar-refractivity contribution in [3.8, 4) is 5.69 Å². The van der Waals surface area contributed by atoms with E-state index in [1.165, 1.54) is 25.1 Å². The first-order chi connectivity index (χ1) is 13.5. The molecule has 1 heterocycles. The molecule has 0 fully saturated rings. The van der Waals surface area contributed by atoms with Crippen molar-refractivity contribution >= 4 is 23.8 Å². The third-order valence-electron chi connectivity index (χ3n) is 3.83. The number of para-hydroxylation sites is 2. The van der Waals surface area contributed by atoms with Gasteiger partial charge in [-0.15, -0.1) is 0 Å². The van der Waals surface area contributed by atoms with Crippen LogP contribution in [0.4, 0.5) is 5.69 Å². The van der Waals surface area contributed by atoms with E-state index in [0.717, 1.165) is 5.69 Å². The Morgan fingerprint density at radius 3 is 2.32 bits per heavy atom. The van der Waals surface area contributed by atoms with E-state index in [-0.39, 0.29) is 18.5 Å². The van der Waals surface area contributed by atoms with Crippen molar-refractivity contribution in [2.45, 2.75) is 20.5 Å². The van der Waals surface area contributed by atoms with Crippen LogP contribution in [0.3, 0.4) is 0 Å². The fraction of sp³-hybridized carbons (Fsp3) is 0.143. The van der Waals surface area contributed by atoms with Crippen LogP contribution in [0.2, 0.25) is 0 Å². The first kappa shape index (κ1) is 19.0. The highest BCUT2D eigenvalue weighted by atomic mass is 16.5. The molecule has 0 unspecified atom stereocenters. The van der Waals surface area contributed by atoms with Crippen molar-refractivity contribution in [1.29, 1.82) is 0 Å². The van der Waals surface area contributed by atoms with E-state index >= 15 is 0 Å². The maximum absolute atomic E-state index is 12.0. The van der Waals surface area contributed by atoms with Gasteiger partial charge in [-0.05, 0) is 30.3 Å². The molecule has 0 saturated carbocycles. The second-order valence-corrected chi connectivity index (χ2v) is 6.00. The first-order valence-corrected chi connectivity index (χ1v) is 8.72. The Hall–Kier alpha value is -3.74. The number of amides is 1. The molecule has 0 aliphatic heterocycles. The summed E-state index contributed by atoms with van der Waals surface area (Å²) in [5.41, 5.74) is 2.72. The number of anilines is 1. The van der Waals surface area contributed by atoms with Crippen molar-refractivity contribution < 1.29 is 14.3 Å². The van der Waals surface area contributed by atoms with Crippen LogP contribution in [0.25, 0.3) is 5.69 Å². The van der Waals surface area contributed by atoms with Gasteiger partial charge in [-0.25, -0.2) is 9.69 Å². The van der Waals surface area contributed by atoms with E-state index in [1.54, 1.807) is 22.9 Å². The zero-order valence-electron chi connectivity index (χ0n) is 15.6. The highest BCUT2D eigenvalue weighted by molar-refractivity contribution is 5.93. The summed E-state index contributed by atoms with van der Waals surface area (Å²) >= 11 is 0. The average Bonchev–Trinajstić information content (AvgIpc) is 3.11. The monoisotopic (exact) mass is 376 g/mol. The van der Waals surface area contributed by atoms with Crippen LogP contribution in [0.1, 0.15) is 25.2 Å². The van der Waals surface area contributed by atoms with Crippen molar-refractivity contribution in [1.82, 2.24) is 9.78 Å². The quantitative estimate of drug-likeness (QED) is 0.376. The predicted molar refractivity (Wildman–Crippen MR) is 106 cm³/mol. The van der Waals surface area contributed by atoms with E-state index < -0.39 is 0 Å². The average molecular weight is 376 g/mol. The lowest BCUT2D eigenvalue weighted by atomic mass is 10.3. The van der Waals surface area contributed by atoms with Crippen LogP contribution in [-0.4, -0.2) is 27.9 Å². The second-order valence-electron chi connectivity index (χ2n) is 6.00. The molecule has 7 heteroatoms. The number of hydrazone groups is 1. The lowest BCUT2D eigenvalue weighted by Crippen LogP contribution is -2.22. The van der Waals surface area contributed by atoms with Gasteiger partial charge in [-0.1, -0.05) is 36.4 Å². The zero-order valence-corrected chi connectivity index (χ0v) is 15.6. The van der Waals surface area contributed by atoms with Crippen LogP contribution in [0.5, 0.6) is 0 Å². The summed E-state index contributed by atoms with van der Waals surface area (Å²) in [7, 11) is 0. The van der Waals surface area contributed by atoms with Gasteiger partial charge in [0.05, 0.1) is 23.3 Å². The van der Waals surface area contributed by atoms with Crippen LogP contribution in [0.15, 0.2) is 71.8 Å². The molecular weight excluding hydrogens is 356 g/mol. The van der Waals surface area contributed by atoms with Gasteiger partial charge in [0.25, 0.3) is 0 Å². The largest absolute Gasteiger partial charge is 0.459 e. The lowest BCUT2D eigenvalue weighted by Gasteiger charge is -2.14. The SMILES string of the molecule is CC(=O)OCc1cc(/C=N/N(C(C)=O)c2ccccc2)nn1-c1ccccc1. The third-order valence-corrected chi connectivity index (χ3v) is 3.83. The second kappa shape index (κ2) is 8.77. The van der Waals surface area contributed by atoms with Gasteiger partial charge in [-0.3, -0.25) is 9.59 Å². The minimum absolute atomic E-state index is 0.0835. The van der Waals surface area contributed by atoms with Crippen molar-refractivity contribution in [3.05, 3.63) is 78.1 Å². The number of hydrogen-bond acceptors (Lipinski definition) is 5. The van der Waals surface area contributed by atoms with Gasteiger partial charge in [0, 0.05) is 13.8 Å². The van der Waals surface area contributed by atoms with Gasteiger partial charge in [0.15, 0.2) is 0 Å². The highest BCUT2D eigenvalue weighted by Gasteiger charge is 2.12. The van der Waals surface area contributed by atoms with E-state index in [2.05, 4.69) is 10.2 Å². The Bertz CT molecular complexity index is 981. The molecule has 0 N–H and O–H groups in total. The standard InChI is InChI=1S/C21H20N4O3/c1-16(26)24(19-9-5-3-6-10-19)22-14-18-13-21(15-28-17(2)27)25(23-18)20-11-7-4-8-12-20/h3-14H,15H2,1-2H3/b22-14+. The van der Waals surface area contributed by atoms with E-state index in [9.17, 15) is 9.59 Å². The fourth-order valence-corrected chi connectivity index (χ4v) is 2.59. The number of nitrogens with zero attached hydrogens (tertiary/aromatic N) is 4. The zero-order chi connectivity index (χ0) is 19.9. The number of aromatic nitrogens is 2. The molecule has 0 aliphatic rings. The molecule has 0 bridgehead atoms. The number of esters is 1. The molecule has 0 spiro atoms. The molecule has 3 rings (SSSR count). The molecular formula is C21H20N4O3. The van der Waals surface area contributed by atoms with Crippen LogP contribution in [0, 0.1) is 0 Å². The maximum Gasteiger partial charge on any atom is 0.303 e. The Morgan fingerprint density at radius 1 is 1.07 bits per heavy atom. The van der Waals surface area contributed by atoms with Gasteiger partial charge < -0.3 is 4.74 Å². The van der Waals surface area contributed by atoms with Crippen molar-refractivity contribution in [3.63, 3.8) is 0 Å². The van der Waals surface area contributed by atoms with Crippen molar-refractivity contribution in [2.75, 3.05) is 5.01 Å². The van der Waals surface area contributed by atoms with Crippen LogP contribution >= 0.6 is 0 Å². The van der Waals surface area contributed by atoms with Crippen molar-refractivity contribution in [2.24, 2.45) is 5.10 Å². The Balaban J connectivity index is 1.92. The number of rotatable bonds is 6. The lowest BCUT2D eigenvalue weighted by molar-refractivity contribution is -0.142. The molecule has 3 aromatic rings. The van der Waals surface area contributed by atoms with E-state index in [4.69, 9.17) is 4.74 Å². The molecule has 7 nitrogen and oxygen atoms in total. The number of benzene rings is 2. The predicted octanol–water partition coefficient (Wildman–Crippen LogP) is 3.32. The summed E-state index contributed by atoms with van der Waals surface area (Å²) in [5, 5.41) is 10.1. The Labute approximate surface area is 162 Å². The summed E-state index contributed by atoms with van der Waals surface area (Å²) in [5.74, 6) is -0.590. The number of ether oxygens (including phenoxy) is 1. The van der Waals surface area contributed by atoms with E-state index in [0.29, 0.717) is 17.1 Å². The van der Waals surface area contributed by atoms with E-state index in [1.807, 2.05) is 48.5 Å². The molecule has 0 saturated heterocycles. The topological polar surface area (TPSA) is 76.8 Å². The number of carbonyl (C=O) groups is 2. The molecule has 1 aromatic heterocycles. The molecule has 142 valence electrons. The molecule has 2 aromatic carbocycles. The summed E-state index contributed by atoms with van der Waals surface area (Å²) in [4.78, 5) is 23.2. The van der Waals surface area contributed by atoms with Gasteiger partial charge in [0.1, 0.15) is 12.3 Å². The fourth-order valence-electron chi connectivity index (χ4n) is 2.59. The minimum atomic E-state index is -0.372. The normalized spacial score (nSPS) is 10.8. The maximum atomic E-state index is 12.0. The number of hydrogen-bond donors (Lipinski definition) is 0. The molecule has 28 heavy (non-hydrogen) atoms. The number of carbonyl (C=O) groups excluding carboxylic acids is 2. The van der Waals surface area contributed by atoms with Crippen LogP contribution in [-0.2, 0) is 20.9 Å². The molecule has 0 radical (unpaired) electrons. The summed E-state index contributed by atoms with van der Waals surface area (Å²) < 4.78 is 6.81. The summed E-state index contributed by atoms with van der Waals surface area (Å²) in [6.45, 7) is 2.88. The summed E-state index contributed by atoms with van der Waals surface area (Å²) in [6.07, 6.45) is 1.51. The van der Waals surface area contributed by atoms with Gasteiger partial charge in [-0.2, -0.15) is 10.2 Å².